The minimum atomic E-state index is 0.620. The van der Waals surface area contributed by atoms with Crippen molar-refractivity contribution in [3.63, 3.8) is 0 Å². The van der Waals surface area contributed by atoms with Gasteiger partial charge in [0.05, 0.1) is 0 Å². The van der Waals surface area contributed by atoms with E-state index in [0.29, 0.717) is 6.04 Å². The lowest BCUT2D eigenvalue weighted by Gasteiger charge is -2.33. The van der Waals surface area contributed by atoms with Crippen molar-refractivity contribution in [1.82, 2.24) is 10.2 Å². The fourth-order valence-electron chi connectivity index (χ4n) is 1.59. The topological polar surface area (TPSA) is 15.3 Å². The van der Waals surface area contributed by atoms with Crippen LogP contribution < -0.4 is 5.32 Å². The van der Waals surface area contributed by atoms with Crippen molar-refractivity contribution in [3.8, 4) is 0 Å². The molecule has 1 aliphatic heterocycles. The molecule has 1 atom stereocenters. The summed E-state index contributed by atoms with van der Waals surface area (Å²) in [5.41, 5.74) is 0. The SMILES string of the molecule is CC(C)NCCN1CCSCC1C. The molecule has 3 heteroatoms. The maximum absolute atomic E-state index is 3.46. The van der Waals surface area contributed by atoms with Gasteiger partial charge in [-0.15, -0.1) is 0 Å². The summed E-state index contributed by atoms with van der Waals surface area (Å²) in [6, 6.07) is 1.39. The summed E-state index contributed by atoms with van der Waals surface area (Å²) in [7, 11) is 0. The van der Waals surface area contributed by atoms with E-state index in [1.54, 1.807) is 0 Å². The van der Waals surface area contributed by atoms with Gasteiger partial charge in [0, 0.05) is 43.2 Å². The Balaban J connectivity index is 2.11. The Morgan fingerprint density at radius 2 is 2.31 bits per heavy atom. The summed E-state index contributed by atoms with van der Waals surface area (Å²) in [5.74, 6) is 2.62. The summed E-state index contributed by atoms with van der Waals surface area (Å²) in [4.78, 5) is 2.59. The molecule has 0 spiro atoms. The first kappa shape index (κ1) is 11.3. The fourth-order valence-corrected chi connectivity index (χ4v) is 2.67. The van der Waals surface area contributed by atoms with Gasteiger partial charge in [-0.2, -0.15) is 11.8 Å². The zero-order valence-corrected chi connectivity index (χ0v) is 9.86. The van der Waals surface area contributed by atoms with E-state index in [1.165, 1.54) is 24.6 Å². The second-order valence-corrected chi connectivity index (χ2v) is 5.22. The highest BCUT2D eigenvalue weighted by atomic mass is 32.2. The average Bonchev–Trinajstić information content (AvgIpc) is 2.08. The largest absolute Gasteiger partial charge is 0.313 e. The van der Waals surface area contributed by atoms with E-state index in [4.69, 9.17) is 0 Å². The molecule has 1 aliphatic rings. The predicted molar refractivity (Wildman–Crippen MR) is 61.5 cm³/mol. The average molecular weight is 202 g/mol. The fraction of sp³-hybridized carbons (Fsp3) is 1.00. The lowest BCUT2D eigenvalue weighted by atomic mass is 10.3. The number of hydrogen-bond acceptors (Lipinski definition) is 3. The Morgan fingerprint density at radius 3 is 2.92 bits per heavy atom. The van der Waals surface area contributed by atoms with Crippen LogP contribution in [0.25, 0.3) is 0 Å². The molecular formula is C10H22N2S. The van der Waals surface area contributed by atoms with Crippen molar-refractivity contribution >= 4 is 11.8 Å². The van der Waals surface area contributed by atoms with Gasteiger partial charge in [0.1, 0.15) is 0 Å². The van der Waals surface area contributed by atoms with Gasteiger partial charge in [-0.05, 0) is 6.92 Å². The summed E-state index contributed by atoms with van der Waals surface area (Å²) in [6.07, 6.45) is 0. The van der Waals surface area contributed by atoms with E-state index in [2.05, 4.69) is 42.7 Å². The van der Waals surface area contributed by atoms with Crippen LogP contribution >= 0.6 is 11.8 Å². The smallest absolute Gasteiger partial charge is 0.0158 e. The Morgan fingerprint density at radius 1 is 1.54 bits per heavy atom. The highest BCUT2D eigenvalue weighted by Crippen LogP contribution is 2.14. The zero-order chi connectivity index (χ0) is 9.68. The maximum Gasteiger partial charge on any atom is 0.0158 e. The molecule has 0 aromatic rings. The molecule has 0 amide bonds. The second-order valence-electron chi connectivity index (χ2n) is 4.07. The molecule has 1 fully saturated rings. The van der Waals surface area contributed by atoms with Crippen LogP contribution in [0.2, 0.25) is 0 Å². The predicted octanol–water partition coefficient (Wildman–Crippen LogP) is 1.42. The van der Waals surface area contributed by atoms with Gasteiger partial charge in [0.25, 0.3) is 0 Å². The van der Waals surface area contributed by atoms with E-state index in [-0.39, 0.29) is 0 Å². The van der Waals surface area contributed by atoms with Crippen LogP contribution in [0.4, 0.5) is 0 Å². The van der Waals surface area contributed by atoms with Crippen LogP contribution in [-0.2, 0) is 0 Å². The van der Waals surface area contributed by atoms with Crippen LogP contribution in [0.3, 0.4) is 0 Å². The van der Waals surface area contributed by atoms with Crippen LogP contribution in [0.5, 0.6) is 0 Å². The maximum atomic E-state index is 3.46. The van der Waals surface area contributed by atoms with Gasteiger partial charge in [-0.1, -0.05) is 13.8 Å². The molecule has 0 aromatic heterocycles. The highest BCUT2D eigenvalue weighted by molar-refractivity contribution is 7.99. The molecule has 0 aromatic carbocycles. The number of hydrogen-bond donors (Lipinski definition) is 1. The molecule has 0 bridgehead atoms. The molecule has 2 nitrogen and oxygen atoms in total. The third kappa shape index (κ3) is 4.34. The van der Waals surface area contributed by atoms with Gasteiger partial charge in [-0.3, -0.25) is 4.90 Å². The van der Waals surface area contributed by atoms with Gasteiger partial charge < -0.3 is 5.32 Å². The summed E-state index contributed by atoms with van der Waals surface area (Å²) < 4.78 is 0. The molecule has 1 unspecified atom stereocenters. The van der Waals surface area contributed by atoms with Gasteiger partial charge in [-0.25, -0.2) is 0 Å². The van der Waals surface area contributed by atoms with Crippen LogP contribution in [0, 0.1) is 0 Å². The van der Waals surface area contributed by atoms with Crippen molar-refractivity contribution < 1.29 is 0 Å². The summed E-state index contributed by atoms with van der Waals surface area (Å²) >= 11 is 2.08. The second kappa shape index (κ2) is 5.89. The summed E-state index contributed by atoms with van der Waals surface area (Å²) in [5, 5.41) is 3.46. The van der Waals surface area contributed by atoms with Crippen LogP contribution in [0.1, 0.15) is 20.8 Å². The lowest BCUT2D eigenvalue weighted by molar-refractivity contribution is 0.231. The highest BCUT2D eigenvalue weighted by Gasteiger charge is 2.17. The van der Waals surface area contributed by atoms with E-state index in [1.807, 2.05) is 0 Å². The van der Waals surface area contributed by atoms with Crippen molar-refractivity contribution in [2.45, 2.75) is 32.9 Å². The molecule has 0 radical (unpaired) electrons. The van der Waals surface area contributed by atoms with Crippen molar-refractivity contribution in [3.05, 3.63) is 0 Å². The molecule has 13 heavy (non-hydrogen) atoms. The summed E-state index contributed by atoms with van der Waals surface area (Å²) in [6.45, 7) is 10.4. The Labute approximate surface area is 86.5 Å². The monoisotopic (exact) mass is 202 g/mol. The van der Waals surface area contributed by atoms with Crippen LogP contribution in [0.15, 0.2) is 0 Å². The van der Waals surface area contributed by atoms with Crippen molar-refractivity contribution in [2.24, 2.45) is 0 Å². The van der Waals surface area contributed by atoms with Crippen molar-refractivity contribution in [1.29, 1.82) is 0 Å². The molecule has 1 saturated heterocycles. The Bertz CT molecular complexity index is 139. The Hall–Kier alpha value is 0.270. The molecule has 1 heterocycles. The quantitative estimate of drug-likeness (QED) is 0.742. The van der Waals surface area contributed by atoms with Crippen LogP contribution in [-0.4, -0.2) is 48.1 Å². The van der Waals surface area contributed by atoms with Gasteiger partial charge in [0.15, 0.2) is 0 Å². The minimum Gasteiger partial charge on any atom is -0.313 e. The first-order valence-electron chi connectivity index (χ1n) is 5.25. The molecule has 0 aliphatic carbocycles. The van der Waals surface area contributed by atoms with E-state index < -0.39 is 0 Å². The van der Waals surface area contributed by atoms with Crippen molar-refractivity contribution in [2.75, 3.05) is 31.1 Å². The molecule has 78 valence electrons. The Kier molecular flexibility index (Phi) is 5.14. The first-order chi connectivity index (χ1) is 6.20. The van der Waals surface area contributed by atoms with Gasteiger partial charge >= 0.3 is 0 Å². The molecular weight excluding hydrogens is 180 g/mol. The zero-order valence-electron chi connectivity index (χ0n) is 9.05. The van der Waals surface area contributed by atoms with Gasteiger partial charge in [0.2, 0.25) is 0 Å². The van der Waals surface area contributed by atoms with E-state index >= 15 is 0 Å². The number of rotatable bonds is 4. The van der Waals surface area contributed by atoms with E-state index in [9.17, 15) is 0 Å². The molecule has 1 rings (SSSR count). The number of nitrogens with one attached hydrogen (secondary N) is 1. The standard InChI is InChI=1S/C10H22N2S/c1-9(2)11-4-5-12-6-7-13-8-10(12)3/h9-11H,4-8H2,1-3H3. The first-order valence-corrected chi connectivity index (χ1v) is 6.41. The number of nitrogens with zero attached hydrogens (tertiary/aromatic N) is 1. The lowest BCUT2D eigenvalue weighted by Crippen LogP contribution is -2.44. The molecule has 0 saturated carbocycles. The normalized spacial score (nSPS) is 25.4. The molecule has 1 N–H and O–H groups in total. The van der Waals surface area contributed by atoms with E-state index in [0.717, 1.165) is 12.6 Å². The minimum absolute atomic E-state index is 0.620. The third-order valence-corrected chi connectivity index (χ3v) is 3.65. The number of thioether (sulfide) groups is 1. The third-order valence-electron chi connectivity index (χ3n) is 2.46.